The minimum Gasteiger partial charge on any atom is -0.493 e. The highest BCUT2D eigenvalue weighted by Crippen LogP contribution is 2.35. The molecule has 1 N–H and O–H groups in total. The van der Waals surface area contributed by atoms with Gasteiger partial charge in [0.25, 0.3) is 0 Å². The van der Waals surface area contributed by atoms with E-state index in [9.17, 15) is 4.39 Å². The lowest BCUT2D eigenvalue weighted by Gasteiger charge is -2.20. The third-order valence-electron chi connectivity index (χ3n) is 5.04. The van der Waals surface area contributed by atoms with Gasteiger partial charge < -0.3 is 24.4 Å². The molecule has 0 atom stereocenters. The third-order valence-corrected chi connectivity index (χ3v) is 5.33. The summed E-state index contributed by atoms with van der Waals surface area (Å²) in [6.45, 7) is 6.15. The molecule has 32 heavy (non-hydrogen) atoms. The van der Waals surface area contributed by atoms with Gasteiger partial charge in [-0.25, -0.2) is 14.4 Å². The highest BCUT2D eigenvalue weighted by Gasteiger charge is 2.13. The van der Waals surface area contributed by atoms with E-state index >= 15 is 0 Å². The summed E-state index contributed by atoms with van der Waals surface area (Å²) in [7, 11) is 3.30. The van der Waals surface area contributed by atoms with Gasteiger partial charge in [-0.15, -0.1) is 0 Å². The van der Waals surface area contributed by atoms with E-state index in [0.29, 0.717) is 41.7 Å². The van der Waals surface area contributed by atoms with Gasteiger partial charge in [0.1, 0.15) is 18.0 Å². The first-order valence-corrected chi connectivity index (χ1v) is 10.8. The maximum atomic E-state index is 13.5. The van der Waals surface area contributed by atoms with Crippen molar-refractivity contribution in [3.8, 4) is 11.5 Å². The van der Waals surface area contributed by atoms with Crippen LogP contribution in [0, 0.1) is 5.82 Å². The van der Waals surface area contributed by atoms with E-state index in [1.54, 1.807) is 20.3 Å². The van der Waals surface area contributed by atoms with E-state index in [1.807, 2.05) is 12.1 Å². The lowest BCUT2D eigenvalue weighted by atomic mass is 10.2. The Bertz CT molecular complexity index is 1040. The van der Waals surface area contributed by atoms with E-state index < -0.39 is 5.82 Å². The van der Waals surface area contributed by atoms with Gasteiger partial charge >= 0.3 is 0 Å². The summed E-state index contributed by atoms with van der Waals surface area (Å²) in [5.74, 6) is 1.28. The van der Waals surface area contributed by atoms with Gasteiger partial charge in [0, 0.05) is 37.3 Å². The fourth-order valence-corrected chi connectivity index (χ4v) is 3.45. The quantitative estimate of drug-likeness (QED) is 0.383. The van der Waals surface area contributed by atoms with Gasteiger partial charge in [0.05, 0.1) is 30.9 Å². The van der Waals surface area contributed by atoms with E-state index in [2.05, 4.69) is 27.1 Å². The number of likely N-dealkylation sites (N-methyl/N-ethyl adjacent to an activating group) is 1. The van der Waals surface area contributed by atoms with Crippen molar-refractivity contribution in [1.29, 1.82) is 0 Å². The first-order valence-electron chi connectivity index (χ1n) is 10.4. The molecule has 1 heterocycles. The molecule has 0 radical (unpaired) electrons. The standard InChI is InChI=1S/C23H28ClFN4O3/c1-4-29(9-11-30-2)8-5-10-32-22-13-17-20(14-21(22)31-3)26-15-27-23(17)28-16-6-7-19(25)18(24)12-16/h6-7,12-15H,4-5,8-11H2,1-3H3,(H,26,27,28). The van der Waals surface area contributed by atoms with Crippen LogP contribution in [0.4, 0.5) is 15.9 Å². The molecule has 0 aliphatic heterocycles. The van der Waals surface area contributed by atoms with Crippen LogP contribution in [0.1, 0.15) is 13.3 Å². The largest absolute Gasteiger partial charge is 0.493 e. The number of halogens is 2. The Morgan fingerprint density at radius 3 is 2.62 bits per heavy atom. The molecule has 0 saturated carbocycles. The molecule has 1 aromatic heterocycles. The summed E-state index contributed by atoms with van der Waals surface area (Å²) in [4.78, 5) is 11.0. The first-order chi connectivity index (χ1) is 15.5. The van der Waals surface area contributed by atoms with Gasteiger partial charge in [-0.3, -0.25) is 0 Å². The second-order valence-corrected chi connectivity index (χ2v) is 7.53. The minimum atomic E-state index is -0.478. The van der Waals surface area contributed by atoms with Crippen LogP contribution in [0.2, 0.25) is 5.02 Å². The second kappa shape index (κ2) is 11.8. The minimum absolute atomic E-state index is 0.0330. The molecule has 3 rings (SSSR count). The predicted octanol–water partition coefficient (Wildman–Crippen LogP) is 4.91. The molecule has 2 aromatic carbocycles. The van der Waals surface area contributed by atoms with Crippen LogP contribution >= 0.6 is 11.6 Å². The molecule has 172 valence electrons. The van der Waals surface area contributed by atoms with Crippen LogP contribution < -0.4 is 14.8 Å². The summed E-state index contributed by atoms with van der Waals surface area (Å²) < 4.78 is 30.2. The molecule has 0 spiro atoms. The average molecular weight is 463 g/mol. The zero-order chi connectivity index (χ0) is 22.9. The van der Waals surface area contributed by atoms with E-state index in [-0.39, 0.29) is 5.02 Å². The molecule has 0 saturated heterocycles. The Kier molecular flexibility index (Phi) is 8.84. The second-order valence-electron chi connectivity index (χ2n) is 7.13. The van der Waals surface area contributed by atoms with Crippen LogP contribution in [0.25, 0.3) is 10.9 Å². The first kappa shape index (κ1) is 24.0. The van der Waals surface area contributed by atoms with Gasteiger partial charge in [0.2, 0.25) is 0 Å². The summed E-state index contributed by atoms with van der Waals surface area (Å²) >= 11 is 5.90. The summed E-state index contributed by atoms with van der Waals surface area (Å²) in [6, 6.07) is 8.07. The molecule has 9 heteroatoms. The Balaban J connectivity index is 1.76. The van der Waals surface area contributed by atoms with Gasteiger partial charge in [-0.1, -0.05) is 18.5 Å². The Morgan fingerprint density at radius 1 is 1.06 bits per heavy atom. The smallest absolute Gasteiger partial charge is 0.162 e. The maximum absolute atomic E-state index is 13.5. The normalized spacial score (nSPS) is 11.2. The van der Waals surface area contributed by atoms with Gasteiger partial charge in [0.15, 0.2) is 11.5 Å². The van der Waals surface area contributed by atoms with Crippen LogP contribution in [-0.4, -0.2) is 61.9 Å². The Hall–Kier alpha value is -2.68. The van der Waals surface area contributed by atoms with Crippen molar-refractivity contribution in [1.82, 2.24) is 14.9 Å². The number of ether oxygens (including phenoxy) is 3. The van der Waals surface area contributed by atoms with E-state index in [4.69, 9.17) is 25.8 Å². The lowest BCUT2D eigenvalue weighted by molar-refractivity contribution is 0.145. The summed E-state index contributed by atoms with van der Waals surface area (Å²) in [5.41, 5.74) is 1.31. The predicted molar refractivity (Wildman–Crippen MR) is 125 cm³/mol. The van der Waals surface area contributed by atoms with Gasteiger partial charge in [-0.2, -0.15) is 0 Å². The monoisotopic (exact) mass is 462 g/mol. The van der Waals surface area contributed by atoms with E-state index in [1.165, 1.54) is 18.5 Å². The molecule has 7 nitrogen and oxygen atoms in total. The fraction of sp³-hybridized carbons (Fsp3) is 0.391. The van der Waals surface area contributed by atoms with Crippen molar-refractivity contribution >= 4 is 34.0 Å². The van der Waals surface area contributed by atoms with Crippen molar-refractivity contribution < 1.29 is 18.6 Å². The maximum Gasteiger partial charge on any atom is 0.162 e. The molecule has 0 fully saturated rings. The molecule has 0 aliphatic rings. The van der Waals surface area contributed by atoms with Crippen molar-refractivity contribution in [2.24, 2.45) is 0 Å². The van der Waals surface area contributed by atoms with E-state index in [0.717, 1.165) is 31.4 Å². The molecule has 0 amide bonds. The summed E-state index contributed by atoms with van der Waals surface area (Å²) in [5, 5.41) is 3.95. The van der Waals surface area contributed by atoms with Crippen LogP contribution in [0.15, 0.2) is 36.7 Å². The number of aromatic nitrogens is 2. The Morgan fingerprint density at radius 2 is 1.91 bits per heavy atom. The topological polar surface area (TPSA) is 68.7 Å². The zero-order valence-electron chi connectivity index (χ0n) is 18.5. The van der Waals surface area contributed by atoms with Crippen LogP contribution in [0.5, 0.6) is 11.5 Å². The highest BCUT2D eigenvalue weighted by atomic mass is 35.5. The number of hydrogen-bond acceptors (Lipinski definition) is 7. The van der Waals surface area contributed by atoms with Crippen LogP contribution in [-0.2, 0) is 4.74 Å². The molecule has 3 aromatic rings. The molecule has 0 unspecified atom stereocenters. The van der Waals surface area contributed by atoms with Crippen molar-refractivity contribution in [2.45, 2.75) is 13.3 Å². The highest BCUT2D eigenvalue weighted by molar-refractivity contribution is 6.31. The number of benzene rings is 2. The zero-order valence-corrected chi connectivity index (χ0v) is 19.3. The third kappa shape index (κ3) is 6.18. The van der Waals surface area contributed by atoms with Crippen molar-refractivity contribution in [2.75, 3.05) is 52.4 Å². The SMILES string of the molecule is CCN(CCCOc1cc2c(Nc3ccc(F)c(Cl)c3)ncnc2cc1OC)CCOC. The lowest BCUT2D eigenvalue weighted by Crippen LogP contribution is -2.29. The number of hydrogen-bond donors (Lipinski definition) is 1. The van der Waals surface area contributed by atoms with Crippen molar-refractivity contribution in [3.63, 3.8) is 0 Å². The van der Waals surface area contributed by atoms with Crippen LogP contribution in [0.3, 0.4) is 0 Å². The van der Waals surface area contributed by atoms with Crippen molar-refractivity contribution in [3.05, 3.63) is 47.5 Å². The average Bonchev–Trinajstić information content (AvgIpc) is 2.80. The fourth-order valence-electron chi connectivity index (χ4n) is 3.27. The number of nitrogens with one attached hydrogen (secondary N) is 1. The number of fused-ring (bicyclic) bond motifs is 1. The number of nitrogens with zero attached hydrogens (tertiary/aromatic N) is 3. The molecule has 0 bridgehead atoms. The summed E-state index contributed by atoms with van der Waals surface area (Å²) in [6.07, 6.45) is 2.32. The molecule has 0 aliphatic carbocycles. The van der Waals surface area contributed by atoms with Gasteiger partial charge in [-0.05, 0) is 37.2 Å². The number of methoxy groups -OCH3 is 2. The number of anilines is 2. The Labute approximate surface area is 192 Å². The molecular formula is C23H28ClFN4O3. The molecular weight excluding hydrogens is 435 g/mol. The number of rotatable bonds is 12.